The molecule has 7 aromatic carbocycles. The fourth-order valence-corrected chi connectivity index (χ4v) is 9.88. The summed E-state index contributed by atoms with van der Waals surface area (Å²) in [7, 11) is 0. The number of fused-ring (bicyclic) bond motifs is 10. The van der Waals surface area contributed by atoms with Crippen molar-refractivity contribution < 1.29 is 0 Å². The van der Waals surface area contributed by atoms with Crippen LogP contribution in [0.25, 0.3) is 102 Å². The molecule has 0 aliphatic heterocycles. The van der Waals surface area contributed by atoms with Crippen LogP contribution in [0, 0.1) is 0 Å². The number of benzene rings is 7. The number of hydrogen-bond donors (Lipinski definition) is 0. The molecule has 4 heterocycles. The molecule has 0 N–H and O–H groups in total. The van der Waals surface area contributed by atoms with Gasteiger partial charge in [0.2, 0.25) is 0 Å². The van der Waals surface area contributed by atoms with Gasteiger partial charge in [0.1, 0.15) is 0 Å². The lowest BCUT2D eigenvalue weighted by molar-refractivity contribution is 1.07. The lowest BCUT2D eigenvalue weighted by Gasteiger charge is -2.09. The fraction of sp³-hybridized carbons (Fsp3) is 0. The van der Waals surface area contributed by atoms with E-state index in [2.05, 4.69) is 102 Å². The summed E-state index contributed by atoms with van der Waals surface area (Å²) in [6.45, 7) is 0. The summed E-state index contributed by atoms with van der Waals surface area (Å²) < 4.78 is 7.57. The predicted octanol–water partition coefficient (Wildman–Crippen LogP) is 12.7. The molecule has 0 aliphatic carbocycles. The van der Waals surface area contributed by atoms with Crippen LogP contribution in [0.4, 0.5) is 0 Å². The van der Waals surface area contributed by atoms with Gasteiger partial charge in [0.25, 0.3) is 0 Å². The zero-order valence-electron chi connectivity index (χ0n) is 27.1. The van der Waals surface area contributed by atoms with Crippen LogP contribution in [-0.2, 0) is 0 Å². The second-order valence-electron chi connectivity index (χ2n) is 12.8. The average molecular weight is 687 g/mol. The van der Waals surface area contributed by atoms with E-state index in [-0.39, 0.29) is 0 Å². The number of hydrogen-bond acceptors (Lipinski definition) is 5. The van der Waals surface area contributed by atoms with Crippen molar-refractivity contribution in [1.29, 1.82) is 0 Å². The van der Waals surface area contributed by atoms with Crippen LogP contribution in [0.5, 0.6) is 0 Å². The first kappa shape index (κ1) is 28.6. The molecular weight excluding hydrogens is 661 g/mol. The SMILES string of the molecule is c1ccc(-c2nc(-c3ccccc3)nc(-c3ccc4c(c3)sc3ccc(-n5c6ccccc6c6c7sc8ccccc8c7ccc65)cc34)n2)cc1. The Bertz CT molecular complexity index is 3080. The van der Waals surface area contributed by atoms with E-state index in [4.69, 9.17) is 15.0 Å². The second-order valence-corrected chi connectivity index (χ2v) is 15.0. The molecule has 11 rings (SSSR count). The molecule has 0 saturated carbocycles. The lowest BCUT2D eigenvalue weighted by Crippen LogP contribution is -1.99. The highest BCUT2D eigenvalue weighted by atomic mass is 32.1. The molecule has 0 radical (unpaired) electrons. The van der Waals surface area contributed by atoms with Crippen LogP contribution < -0.4 is 0 Å². The summed E-state index contributed by atoms with van der Waals surface area (Å²) in [4.78, 5) is 14.8. The third-order valence-electron chi connectivity index (χ3n) is 9.85. The van der Waals surface area contributed by atoms with Gasteiger partial charge in [-0.2, -0.15) is 0 Å². The van der Waals surface area contributed by atoms with E-state index in [1.807, 2.05) is 83.3 Å². The van der Waals surface area contributed by atoms with Crippen LogP contribution in [0.15, 0.2) is 158 Å². The maximum absolute atomic E-state index is 4.98. The van der Waals surface area contributed by atoms with E-state index in [1.54, 1.807) is 0 Å². The Kier molecular flexibility index (Phi) is 6.26. The summed E-state index contributed by atoms with van der Waals surface area (Å²) >= 11 is 3.70. The van der Waals surface area contributed by atoms with E-state index in [1.165, 1.54) is 62.2 Å². The largest absolute Gasteiger partial charge is 0.309 e. The predicted molar refractivity (Wildman–Crippen MR) is 216 cm³/mol. The van der Waals surface area contributed by atoms with Gasteiger partial charge in [0.05, 0.1) is 11.0 Å². The van der Waals surface area contributed by atoms with Crippen molar-refractivity contribution in [2.24, 2.45) is 0 Å². The zero-order valence-corrected chi connectivity index (χ0v) is 28.7. The van der Waals surface area contributed by atoms with Crippen molar-refractivity contribution in [3.63, 3.8) is 0 Å². The Labute approximate surface area is 300 Å². The van der Waals surface area contributed by atoms with Gasteiger partial charge in [-0.05, 0) is 42.5 Å². The smallest absolute Gasteiger partial charge is 0.164 e. The van der Waals surface area contributed by atoms with E-state index >= 15 is 0 Å². The highest BCUT2D eigenvalue weighted by Gasteiger charge is 2.19. The summed E-state index contributed by atoms with van der Waals surface area (Å²) in [5.41, 5.74) is 6.52. The van der Waals surface area contributed by atoms with E-state index < -0.39 is 0 Å². The molecule has 51 heavy (non-hydrogen) atoms. The molecule has 0 fully saturated rings. The van der Waals surface area contributed by atoms with Crippen LogP contribution in [0.2, 0.25) is 0 Å². The monoisotopic (exact) mass is 686 g/mol. The van der Waals surface area contributed by atoms with Crippen molar-refractivity contribution in [2.75, 3.05) is 0 Å². The summed E-state index contributed by atoms with van der Waals surface area (Å²) in [6.07, 6.45) is 0. The standard InChI is InChI=1S/C45H26N4S2/c1-3-11-27(12-4-1)43-46-44(28-13-5-2-6-14-28)48-45(47-43)29-19-21-32-35-26-30(20-24-39(35)50-40(32)25-29)49-36-17-9-7-16-34(36)41-37(49)23-22-33-31-15-8-10-18-38(31)51-42(33)41/h1-26H. The van der Waals surface area contributed by atoms with Gasteiger partial charge in [0, 0.05) is 73.5 Å². The Hall–Kier alpha value is -6.21. The van der Waals surface area contributed by atoms with Crippen molar-refractivity contribution in [3.05, 3.63) is 158 Å². The number of aromatic nitrogens is 4. The second kappa shape index (κ2) is 11.2. The fourth-order valence-electron chi connectivity index (χ4n) is 7.49. The van der Waals surface area contributed by atoms with E-state index in [9.17, 15) is 0 Å². The number of nitrogens with zero attached hydrogens (tertiary/aromatic N) is 4. The van der Waals surface area contributed by atoms with Crippen molar-refractivity contribution in [3.8, 4) is 39.9 Å². The first-order chi connectivity index (χ1) is 25.3. The highest BCUT2D eigenvalue weighted by Crippen LogP contribution is 2.44. The number of para-hydroxylation sites is 1. The van der Waals surface area contributed by atoms with Gasteiger partial charge < -0.3 is 4.57 Å². The number of rotatable bonds is 4. The van der Waals surface area contributed by atoms with Gasteiger partial charge in [-0.3, -0.25) is 0 Å². The molecule has 0 unspecified atom stereocenters. The van der Waals surface area contributed by atoms with Crippen molar-refractivity contribution in [1.82, 2.24) is 19.5 Å². The highest BCUT2D eigenvalue weighted by molar-refractivity contribution is 7.27. The summed E-state index contributed by atoms with van der Waals surface area (Å²) in [5, 5.41) is 7.74. The lowest BCUT2D eigenvalue weighted by atomic mass is 10.1. The molecule has 11 aromatic rings. The minimum atomic E-state index is 0.666. The molecule has 238 valence electrons. The van der Waals surface area contributed by atoms with Gasteiger partial charge in [-0.25, -0.2) is 15.0 Å². The van der Waals surface area contributed by atoms with Gasteiger partial charge in [-0.15, -0.1) is 22.7 Å². The van der Waals surface area contributed by atoms with Gasteiger partial charge in [-0.1, -0.05) is 115 Å². The third kappa shape index (κ3) is 4.47. The summed E-state index contributed by atoms with van der Waals surface area (Å²) in [6, 6.07) is 56.0. The third-order valence-corrected chi connectivity index (χ3v) is 12.2. The minimum Gasteiger partial charge on any atom is -0.309 e. The number of thiophene rings is 2. The van der Waals surface area contributed by atoms with Crippen LogP contribution in [0.3, 0.4) is 0 Å². The maximum atomic E-state index is 4.98. The van der Waals surface area contributed by atoms with Crippen LogP contribution >= 0.6 is 22.7 Å². The van der Waals surface area contributed by atoms with Gasteiger partial charge >= 0.3 is 0 Å². The Balaban J connectivity index is 1.08. The van der Waals surface area contributed by atoms with Crippen LogP contribution in [-0.4, -0.2) is 19.5 Å². The average Bonchev–Trinajstić information content (AvgIpc) is 3.87. The molecule has 0 saturated heterocycles. The molecule has 0 bridgehead atoms. The topological polar surface area (TPSA) is 43.6 Å². The Morgan fingerprint density at radius 1 is 0.373 bits per heavy atom. The zero-order chi connectivity index (χ0) is 33.5. The van der Waals surface area contributed by atoms with E-state index in [0.717, 1.165) is 22.4 Å². The minimum absolute atomic E-state index is 0.666. The maximum Gasteiger partial charge on any atom is 0.164 e. The Morgan fingerprint density at radius 2 is 0.980 bits per heavy atom. The first-order valence-corrected chi connectivity index (χ1v) is 18.6. The molecule has 0 amide bonds. The van der Waals surface area contributed by atoms with Crippen LogP contribution in [0.1, 0.15) is 0 Å². The molecule has 4 nitrogen and oxygen atoms in total. The quantitative estimate of drug-likeness (QED) is 0.185. The summed E-state index contributed by atoms with van der Waals surface area (Å²) in [5.74, 6) is 2.00. The first-order valence-electron chi connectivity index (χ1n) is 16.9. The molecule has 0 atom stereocenters. The molecule has 6 heteroatoms. The normalized spacial score (nSPS) is 11.9. The molecular formula is C45H26N4S2. The Morgan fingerprint density at radius 3 is 1.75 bits per heavy atom. The molecule has 4 aromatic heterocycles. The van der Waals surface area contributed by atoms with Gasteiger partial charge in [0.15, 0.2) is 17.5 Å². The molecule has 0 aliphatic rings. The van der Waals surface area contributed by atoms with Crippen molar-refractivity contribution in [2.45, 2.75) is 0 Å². The van der Waals surface area contributed by atoms with E-state index in [0.29, 0.717) is 17.5 Å². The van der Waals surface area contributed by atoms with Crippen molar-refractivity contribution >= 4 is 84.8 Å². The molecule has 0 spiro atoms.